The zero-order valence-electron chi connectivity index (χ0n) is 16.7. The van der Waals surface area contributed by atoms with Crippen molar-refractivity contribution in [3.8, 4) is 5.75 Å². The number of ether oxygens (including phenoxy) is 1. The number of carbonyl (C=O) groups excluding carboxylic acids is 2. The van der Waals surface area contributed by atoms with Gasteiger partial charge in [-0.15, -0.1) is 0 Å². The topological polar surface area (TPSA) is 58.6 Å². The van der Waals surface area contributed by atoms with E-state index in [1.807, 2.05) is 71.6 Å². The molecule has 2 aliphatic rings. The van der Waals surface area contributed by atoms with Crippen LogP contribution in [0.3, 0.4) is 0 Å². The molecule has 0 radical (unpaired) electrons. The molecule has 0 bridgehead atoms. The van der Waals surface area contributed by atoms with Gasteiger partial charge >= 0.3 is 0 Å². The van der Waals surface area contributed by atoms with E-state index in [2.05, 4.69) is 11.4 Å². The van der Waals surface area contributed by atoms with Crippen molar-refractivity contribution in [1.29, 1.82) is 0 Å². The molecule has 2 heterocycles. The Kier molecular flexibility index (Phi) is 4.51. The van der Waals surface area contributed by atoms with Gasteiger partial charge in [0.1, 0.15) is 5.75 Å². The number of amides is 2. The molecule has 0 unspecified atom stereocenters. The van der Waals surface area contributed by atoms with Gasteiger partial charge in [-0.25, -0.2) is 0 Å². The number of methoxy groups -OCH3 is 1. The maximum absolute atomic E-state index is 13.7. The molecule has 0 aliphatic carbocycles. The summed E-state index contributed by atoms with van der Waals surface area (Å²) < 4.78 is 5.40. The van der Waals surface area contributed by atoms with Crippen LogP contribution in [0.4, 0.5) is 5.69 Å². The van der Waals surface area contributed by atoms with E-state index in [0.717, 1.165) is 17.5 Å². The van der Waals surface area contributed by atoms with Crippen LogP contribution >= 0.6 is 0 Å². The lowest BCUT2D eigenvalue weighted by Crippen LogP contribution is -2.49. The number of nitrogens with one attached hydrogen (secondary N) is 1. The number of benzene rings is 3. The number of para-hydroxylation sites is 2. The molecule has 0 fully saturated rings. The summed E-state index contributed by atoms with van der Waals surface area (Å²) in [6.45, 7) is 0.604. The summed E-state index contributed by atoms with van der Waals surface area (Å²) >= 11 is 0. The number of hydrogen-bond donors (Lipinski definition) is 1. The Bertz CT molecular complexity index is 1140. The molecule has 2 atom stereocenters. The Morgan fingerprint density at radius 2 is 1.67 bits per heavy atom. The maximum atomic E-state index is 13.7. The van der Waals surface area contributed by atoms with Gasteiger partial charge in [0, 0.05) is 12.1 Å². The second kappa shape index (κ2) is 7.34. The Balaban J connectivity index is 1.63. The molecule has 150 valence electrons. The quantitative estimate of drug-likeness (QED) is 0.720. The van der Waals surface area contributed by atoms with Crippen LogP contribution in [0.15, 0.2) is 72.8 Å². The minimum Gasteiger partial charge on any atom is -0.495 e. The van der Waals surface area contributed by atoms with E-state index in [9.17, 15) is 9.59 Å². The van der Waals surface area contributed by atoms with Crippen molar-refractivity contribution in [3.63, 3.8) is 0 Å². The molecule has 0 saturated heterocycles. The van der Waals surface area contributed by atoms with Gasteiger partial charge in [-0.3, -0.25) is 9.59 Å². The maximum Gasteiger partial charge on any atom is 0.254 e. The predicted molar refractivity (Wildman–Crippen MR) is 115 cm³/mol. The van der Waals surface area contributed by atoms with Gasteiger partial charge in [0.15, 0.2) is 0 Å². The third-order valence-electron chi connectivity index (χ3n) is 6.08. The van der Waals surface area contributed by atoms with Crippen molar-refractivity contribution in [2.24, 2.45) is 0 Å². The molecule has 0 saturated carbocycles. The summed E-state index contributed by atoms with van der Waals surface area (Å²) in [5.41, 5.74) is 4.24. The molecule has 0 aromatic heterocycles. The van der Waals surface area contributed by atoms with E-state index in [1.54, 1.807) is 7.11 Å². The number of rotatable bonds is 3. The number of nitrogens with zero attached hydrogens (tertiary/aromatic N) is 1. The minimum absolute atomic E-state index is 0.00792. The second-order valence-corrected chi connectivity index (χ2v) is 7.65. The van der Waals surface area contributed by atoms with Crippen molar-refractivity contribution in [2.45, 2.75) is 18.4 Å². The van der Waals surface area contributed by atoms with Crippen LogP contribution in [0.25, 0.3) is 0 Å². The predicted octanol–water partition coefficient (Wildman–Crippen LogP) is 4.17. The summed E-state index contributed by atoms with van der Waals surface area (Å²) in [5, 5.41) is 3.05. The van der Waals surface area contributed by atoms with Crippen LogP contribution < -0.4 is 10.1 Å². The molecule has 0 spiro atoms. The van der Waals surface area contributed by atoms with Crippen LogP contribution in [0.1, 0.15) is 39.0 Å². The molecular formula is C25H22N2O3. The van der Waals surface area contributed by atoms with Crippen molar-refractivity contribution in [2.75, 3.05) is 19.0 Å². The van der Waals surface area contributed by atoms with E-state index in [1.165, 1.54) is 5.56 Å². The first-order valence-corrected chi connectivity index (χ1v) is 10.1. The van der Waals surface area contributed by atoms with Crippen LogP contribution in [0.2, 0.25) is 0 Å². The Hall–Kier alpha value is -3.60. The monoisotopic (exact) mass is 398 g/mol. The third-order valence-corrected chi connectivity index (χ3v) is 6.08. The van der Waals surface area contributed by atoms with Gasteiger partial charge in [0.2, 0.25) is 5.91 Å². The summed E-state index contributed by atoms with van der Waals surface area (Å²) in [6, 6.07) is 22.6. The Morgan fingerprint density at radius 3 is 2.50 bits per heavy atom. The second-order valence-electron chi connectivity index (χ2n) is 7.65. The number of fused-ring (bicyclic) bond motifs is 4. The average molecular weight is 398 g/mol. The van der Waals surface area contributed by atoms with Crippen molar-refractivity contribution >= 4 is 17.5 Å². The lowest BCUT2D eigenvalue weighted by Gasteiger charge is -2.45. The van der Waals surface area contributed by atoms with Crippen molar-refractivity contribution < 1.29 is 14.3 Å². The van der Waals surface area contributed by atoms with E-state index < -0.39 is 5.92 Å². The third kappa shape index (κ3) is 2.86. The number of hydrogen-bond acceptors (Lipinski definition) is 3. The number of carbonyl (C=O) groups is 2. The van der Waals surface area contributed by atoms with Crippen LogP contribution in [0, 0.1) is 0 Å². The van der Waals surface area contributed by atoms with Gasteiger partial charge in [-0.2, -0.15) is 0 Å². The molecule has 3 aromatic rings. The lowest BCUT2D eigenvalue weighted by molar-refractivity contribution is -0.119. The SMILES string of the molecule is COc1ccccc1NC(=O)[C@@H]1c2ccccc2C(=O)N2CCc3ccccc3[C@H]12. The minimum atomic E-state index is -0.509. The van der Waals surface area contributed by atoms with Gasteiger partial charge in [0.05, 0.1) is 24.8 Å². The molecule has 5 nitrogen and oxygen atoms in total. The highest BCUT2D eigenvalue weighted by atomic mass is 16.5. The summed E-state index contributed by atoms with van der Waals surface area (Å²) in [4.78, 5) is 28.8. The highest BCUT2D eigenvalue weighted by molar-refractivity contribution is 6.05. The highest BCUT2D eigenvalue weighted by Crippen LogP contribution is 2.46. The van der Waals surface area contributed by atoms with E-state index >= 15 is 0 Å². The standard InChI is InChI=1S/C25H22N2O3/c1-30-21-13-7-6-12-20(21)26-24(28)22-18-10-4-5-11-19(18)25(29)27-15-14-16-8-2-3-9-17(16)23(22)27/h2-13,22-23H,14-15H2,1H3,(H,26,28)/t22-,23-/m1/s1. The van der Waals surface area contributed by atoms with Crippen LogP contribution in [-0.2, 0) is 11.2 Å². The Labute approximate surface area is 175 Å². The smallest absolute Gasteiger partial charge is 0.254 e. The fourth-order valence-corrected chi connectivity index (χ4v) is 4.72. The van der Waals surface area contributed by atoms with E-state index in [4.69, 9.17) is 4.74 Å². The summed E-state index contributed by atoms with van der Waals surface area (Å²) in [6.07, 6.45) is 0.793. The molecule has 5 heteroatoms. The molecule has 30 heavy (non-hydrogen) atoms. The molecule has 2 aliphatic heterocycles. The largest absolute Gasteiger partial charge is 0.495 e. The van der Waals surface area contributed by atoms with Crippen LogP contribution in [0.5, 0.6) is 5.75 Å². The van der Waals surface area contributed by atoms with Gasteiger partial charge < -0.3 is 15.0 Å². The molecule has 5 rings (SSSR count). The fraction of sp³-hybridized carbons (Fsp3) is 0.200. The summed E-state index contributed by atoms with van der Waals surface area (Å²) in [7, 11) is 1.58. The average Bonchev–Trinajstić information content (AvgIpc) is 2.79. The van der Waals surface area contributed by atoms with E-state index in [0.29, 0.717) is 23.5 Å². The van der Waals surface area contributed by atoms with E-state index in [-0.39, 0.29) is 17.9 Å². The molecule has 1 N–H and O–H groups in total. The van der Waals surface area contributed by atoms with Crippen LogP contribution in [-0.4, -0.2) is 30.4 Å². The fourth-order valence-electron chi connectivity index (χ4n) is 4.72. The first-order valence-electron chi connectivity index (χ1n) is 10.1. The van der Waals surface area contributed by atoms with Gasteiger partial charge in [-0.1, -0.05) is 54.6 Å². The first-order chi connectivity index (χ1) is 14.7. The Morgan fingerprint density at radius 1 is 0.967 bits per heavy atom. The lowest BCUT2D eigenvalue weighted by atomic mass is 9.76. The van der Waals surface area contributed by atoms with Crippen molar-refractivity contribution in [3.05, 3.63) is 95.1 Å². The molecule has 3 aromatic carbocycles. The molecule has 2 amide bonds. The summed E-state index contributed by atoms with van der Waals surface area (Å²) in [5.74, 6) is -0.0604. The normalized spacial score (nSPS) is 19.4. The number of anilines is 1. The van der Waals surface area contributed by atoms with Gasteiger partial charge in [0.25, 0.3) is 5.91 Å². The zero-order chi connectivity index (χ0) is 20.7. The zero-order valence-corrected chi connectivity index (χ0v) is 16.7. The van der Waals surface area contributed by atoms with Crippen molar-refractivity contribution in [1.82, 2.24) is 4.90 Å². The first kappa shape index (κ1) is 18.4. The highest BCUT2D eigenvalue weighted by Gasteiger charge is 2.46. The molecular weight excluding hydrogens is 376 g/mol. The van der Waals surface area contributed by atoms with Gasteiger partial charge in [-0.05, 0) is 41.3 Å².